The minimum absolute atomic E-state index is 0.0322. The summed E-state index contributed by atoms with van der Waals surface area (Å²) in [6.45, 7) is 3.46. The Balaban J connectivity index is 1.79. The third-order valence-corrected chi connectivity index (χ3v) is 4.75. The number of fused-ring (bicyclic) bond motifs is 3. The third-order valence-electron chi connectivity index (χ3n) is 4.04. The summed E-state index contributed by atoms with van der Waals surface area (Å²) in [5, 5.41) is 7.93. The number of anilines is 1. The molecule has 104 valence electrons. The highest BCUT2D eigenvalue weighted by Gasteiger charge is 2.41. The first-order valence-corrected chi connectivity index (χ1v) is 7.89. The quantitative estimate of drug-likeness (QED) is 0.868. The second-order valence-electron chi connectivity index (χ2n) is 5.40. The maximum atomic E-state index is 6.03. The van der Waals surface area contributed by atoms with Gasteiger partial charge in [-0.3, -0.25) is 0 Å². The molecule has 2 aliphatic rings. The molecule has 0 saturated carbocycles. The lowest BCUT2D eigenvalue weighted by atomic mass is 9.88. The largest absolute Gasteiger partial charge is 0.375 e. The molecule has 0 unspecified atom stereocenters. The van der Waals surface area contributed by atoms with Gasteiger partial charge in [-0.05, 0) is 35.4 Å². The van der Waals surface area contributed by atoms with Gasteiger partial charge in [-0.15, -0.1) is 0 Å². The molecular weight excluding hydrogens is 270 g/mol. The zero-order valence-corrected chi connectivity index (χ0v) is 12.2. The molecule has 2 aliphatic heterocycles. The lowest BCUT2D eigenvalue weighted by Crippen LogP contribution is -2.43. The Morgan fingerprint density at radius 1 is 1.20 bits per heavy atom. The van der Waals surface area contributed by atoms with Crippen molar-refractivity contribution in [2.75, 3.05) is 18.5 Å². The van der Waals surface area contributed by atoms with E-state index in [0.717, 1.165) is 0 Å². The Labute approximate surface area is 122 Å². The Kier molecular flexibility index (Phi) is 3.02. The van der Waals surface area contributed by atoms with Crippen molar-refractivity contribution in [3.05, 3.63) is 51.7 Å². The molecule has 3 nitrogen and oxygen atoms in total. The van der Waals surface area contributed by atoms with E-state index < -0.39 is 0 Å². The van der Waals surface area contributed by atoms with E-state index in [2.05, 4.69) is 47.3 Å². The maximum absolute atomic E-state index is 6.03. The van der Waals surface area contributed by atoms with Crippen molar-refractivity contribution in [1.82, 2.24) is 0 Å². The molecule has 4 rings (SSSR count). The first-order chi connectivity index (χ1) is 9.83. The lowest BCUT2D eigenvalue weighted by molar-refractivity contribution is -0.151. The van der Waals surface area contributed by atoms with E-state index in [4.69, 9.17) is 9.47 Å². The van der Waals surface area contributed by atoms with Crippen molar-refractivity contribution in [3.63, 3.8) is 0 Å². The summed E-state index contributed by atoms with van der Waals surface area (Å²) in [5.41, 5.74) is 4.92. The van der Waals surface area contributed by atoms with E-state index >= 15 is 0 Å². The van der Waals surface area contributed by atoms with Gasteiger partial charge < -0.3 is 14.8 Å². The average molecular weight is 287 g/mol. The van der Waals surface area contributed by atoms with Gasteiger partial charge in [0.05, 0.1) is 19.3 Å². The van der Waals surface area contributed by atoms with Crippen LogP contribution in [0.3, 0.4) is 0 Å². The molecule has 1 N–H and O–H groups in total. The van der Waals surface area contributed by atoms with Gasteiger partial charge >= 0.3 is 0 Å². The fraction of sp³-hybridized carbons (Fsp3) is 0.375. The van der Waals surface area contributed by atoms with Gasteiger partial charge in [-0.25, -0.2) is 0 Å². The van der Waals surface area contributed by atoms with Crippen molar-refractivity contribution in [2.45, 2.75) is 25.2 Å². The van der Waals surface area contributed by atoms with Crippen molar-refractivity contribution in [3.8, 4) is 0 Å². The van der Waals surface area contributed by atoms with Crippen LogP contribution in [0.15, 0.2) is 35.0 Å². The predicted molar refractivity (Wildman–Crippen MR) is 80.3 cm³/mol. The fourth-order valence-electron chi connectivity index (χ4n) is 3.10. The summed E-state index contributed by atoms with van der Waals surface area (Å²) in [4.78, 5) is 0. The van der Waals surface area contributed by atoms with Gasteiger partial charge in [0.15, 0.2) is 0 Å². The molecule has 0 bridgehead atoms. The monoisotopic (exact) mass is 287 g/mol. The van der Waals surface area contributed by atoms with Crippen molar-refractivity contribution < 1.29 is 9.47 Å². The van der Waals surface area contributed by atoms with Crippen molar-refractivity contribution in [2.24, 2.45) is 0 Å². The molecule has 1 aromatic carbocycles. The number of benzene rings is 1. The van der Waals surface area contributed by atoms with Gasteiger partial charge in [0.1, 0.15) is 12.2 Å². The standard InChI is InChI=1S/C16H17NO2S/c1-10-2-3-13-12(8-10)15-16(19-6-5-18-15)14(17-13)11-4-7-20-9-11/h2-4,7-9,14-17H,5-6H2,1H3/t14-,15+,16-/m0/s1. The Morgan fingerprint density at radius 3 is 2.95 bits per heavy atom. The van der Waals surface area contributed by atoms with E-state index in [9.17, 15) is 0 Å². The molecule has 2 aromatic rings. The number of ether oxygens (including phenoxy) is 2. The third kappa shape index (κ3) is 1.95. The van der Waals surface area contributed by atoms with Crippen LogP contribution in [0.4, 0.5) is 5.69 Å². The Bertz CT molecular complexity index is 611. The molecule has 0 aliphatic carbocycles. The number of thiophene rings is 1. The molecule has 1 fully saturated rings. The maximum Gasteiger partial charge on any atom is 0.113 e. The summed E-state index contributed by atoms with van der Waals surface area (Å²) in [5.74, 6) is 0. The number of hydrogen-bond donors (Lipinski definition) is 1. The number of rotatable bonds is 1. The summed E-state index contributed by atoms with van der Waals surface area (Å²) in [7, 11) is 0. The average Bonchev–Trinajstić information content (AvgIpc) is 3.01. The zero-order chi connectivity index (χ0) is 13.5. The van der Waals surface area contributed by atoms with Crippen LogP contribution in [0.2, 0.25) is 0 Å². The molecule has 0 amide bonds. The summed E-state index contributed by atoms with van der Waals surface area (Å²) in [6.07, 6.45) is 0.0810. The van der Waals surface area contributed by atoms with Gasteiger partial charge in [0.25, 0.3) is 0 Å². The molecule has 0 spiro atoms. The Morgan fingerprint density at radius 2 is 2.10 bits per heavy atom. The van der Waals surface area contributed by atoms with Gasteiger partial charge in [0, 0.05) is 11.3 Å². The summed E-state index contributed by atoms with van der Waals surface area (Å²) >= 11 is 1.72. The highest BCUT2D eigenvalue weighted by atomic mass is 32.1. The van der Waals surface area contributed by atoms with E-state index in [1.54, 1.807) is 11.3 Å². The van der Waals surface area contributed by atoms with E-state index in [0.29, 0.717) is 13.2 Å². The van der Waals surface area contributed by atoms with Gasteiger partial charge in [-0.2, -0.15) is 11.3 Å². The lowest BCUT2D eigenvalue weighted by Gasteiger charge is -2.42. The minimum Gasteiger partial charge on any atom is -0.375 e. The van der Waals surface area contributed by atoms with Crippen LogP contribution < -0.4 is 5.32 Å². The molecule has 3 atom stereocenters. The molecule has 4 heteroatoms. The van der Waals surface area contributed by atoms with Crippen LogP contribution in [0.5, 0.6) is 0 Å². The minimum atomic E-state index is 0.0322. The topological polar surface area (TPSA) is 30.5 Å². The van der Waals surface area contributed by atoms with E-state index in [1.807, 2.05) is 0 Å². The number of nitrogens with one attached hydrogen (secondary N) is 1. The zero-order valence-electron chi connectivity index (χ0n) is 11.3. The van der Waals surface area contributed by atoms with Crippen LogP contribution >= 0.6 is 11.3 Å². The first-order valence-electron chi connectivity index (χ1n) is 6.95. The molecular formula is C16H17NO2S. The molecule has 3 heterocycles. The van der Waals surface area contributed by atoms with Gasteiger partial charge in [-0.1, -0.05) is 17.7 Å². The predicted octanol–water partition coefficient (Wildman–Crippen LogP) is 3.68. The SMILES string of the molecule is Cc1ccc2c(c1)[C@H]1OCCO[C@H]1[C@H](c1ccsc1)N2. The number of hydrogen-bond acceptors (Lipinski definition) is 4. The smallest absolute Gasteiger partial charge is 0.113 e. The number of aryl methyl sites for hydroxylation is 1. The highest BCUT2D eigenvalue weighted by molar-refractivity contribution is 7.08. The molecule has 0 radical (unpaired) electrons. The van der Waals surface area contributed by atoms with E-state index in [-0.39, 0.29) is 18.2 Å². The molecule has 1 saturated heterocycles. The summed E-state index contributed by atoms with van der Waals surface area (Å²) in [6, 6.07) is 8.83. The molecule has 20 heavy (non-hydrogen) atoms. The first kappa shape index (κ1) is 12.4. The van der Waals surface area contributed by atoms with Gasteiger partial charge in [0.2, 0.25) is 0 Å². The summed E-state index contributed by atoms with van der Waals surface area (Å²) < 4.78 is 12.1. The van der Waals surface area contributed by atoms with Crippen LogP contribution in [0.1, 0.15) is 28.8 Å². The fourth-order valence-corrected chi connectivity index (χ4v) is 3.80. The Hall–Kier alpha value is -1.36. The van der Waals surface area contributed by atoms with Crippen molar-refractivity contribution >= 4 is 17.0 Å². The molecule has 1 aromatic heterocycles. The second-order valence-corrected chi connectivity index (χ2v) is 6.18. The van der Waals surface area contributed by atoms with Crippen LogP contribution in [0, 0.1) is 6.92 Å². The second kappa shape index (κ2) is 4.88. The normalized spacial score (nSPS) is 28.4. The van der Waals surface area contributed by atoms with E-state index in [1.165, 1.54) is 22.4 Å². The van der Waals surface area contributed by atoms with Crippen molar-refractivity contribution in [1.29, 1.82) is 0 Å². The van der Waals surface area contributed by atoms with Crippen LogP contribution in [0.25, 0.3) is 0 Å². The van der Waals surface area contributed by atoms with Crippen LogP contribution in [-0.4, -0.2) is 19.3 Å². The highest BCUT2D eigenvalue weighted by Crippen LogP contribution is 2.44. The van der Waals surface area contributed by atoms with Crippen LogP contribution in [-0.2, 0) is 9.47 Å².